The van der Waals surface area contributed by atoms with Gasteiger partial charge in [0.15, 0.2) is 11.6 Å². The summed E-state index contributed by atoms with van der Waals surface area (Å²) < 4.78 is 30.3. The number of hydrogen-bond acceptors (Lipinski definition) is 3. The van der Waals surface area contributed by atoms with Gasteiger partial charge in [0.1, 0.15) is 0 Å². The molecule has 1 aromatic heterocycles. The zero-order valence-corrected chi connectivity index (χ0v) is 8.25. The van der Waals surface area contributed by atoms with Gasteiger partial charge in [0.2, 0.25) is 12.2 Å². The molecule has 0 N–H and O–H groups in total. The van der Waals surface area contributed by atoms with E-state index in [0.29, 0.717) is 5.56 Å². The zero-order valence-electron chi connectivity index (χ0n) is 6.67. The molecule has 0 fully saturated rings. The van der Waals surface area contributed by atoms with E-state index in [1.165, 1.54) is 6.07 Å². The first-order valence-electron chi connectivity index (χ1n) is 3.60. The van der Waals surface area contributed by atoms with Gasteiger partial charge in [0.05, 0.1) is 4.47 Å². The average molecular weight is 261 g/mol. The molecule has 0 saturated heterocycles. The Hall–Kier alpha value is -1.30. The first-order valence-corrected chi connectivity index (χ1v) is 4.39. The van der Waals surface area contributed by atoms with Crippen molar-refractivity contribution in [2.45, 2.75) is 0 Å². The highest BCUT2D eigenvalue weighted by Gasteiger charge is 2.14. The standard InChI is InChI=1S/C8H3BrF2N2O/c9-6-4(8-12-3-14-13-8)1-2-5(10)7(6)11/h1-3H. The topological polar surface area (TPSA) is 38.9 Å². The Kier molecular flexibility index (Phi) is 2.28. The second-order valence-electron chi connectivity index (χ2n) is 2.48. The highest BCUT2D eigenvalue weighted by atomic mass is 79.9. The van der Waals surface area contributed by atoms with Crippen LogP contribution in [0.4, 0.5) is 8.78 Å². The van der Waals surface area contributed by atoms with Crippen molar-refractivity contribution in [2.75, 3.05) is 0 Å². The lowest BCUT2D eigenvalue weighted by Gasteiger charge is -2.00. The summed E-state index contributed by atoms with van der Waals surface area (Å²) >= 11 is 2.92. The van der Waals surface area contributed by atoms with Crippen molar-refractivity contribution >= 4 is 15.9 Å². The lowest BCUT2D eigenvalue weighted by Crippen LogP contribution is -1.90. The van der Waals surface area contributed by atoms with E-state index in [2.05, 4.69) is 30.6 Å². The Labute approximate surface area is 85.9 Å². The van der Waals surface area contributed by atoms with Gasteiger partial charge in [-0.15, -0.1) is 0 Å². The molecule has 0 aliphatic heterocycles. The van der Waals surface area contributed by atoms with Crippen LogP contribution in [-0.2, 0) is 0 Å². The minimum absolute atomic E-state index is 0.0149. The fourth-order valence-corrected chi connectivity index (χ4v) is 1.49. The zero-order chi connectivity index (χ0) is 10.1. The van der Waals surface area contributed by atoms with Gasteiger partial charge in [0, 0.05) is 5.56 Å². The molecule has 2 aromatic rings. The largest absolute Gasteiger partial charge is 0.342 e. The molecule has 0 unspecified atom stereocenters. The third-order valence-electron chi connectivity index (χ3n) is 1.64. The highest BCUT2D eigenvalue weighted by molar-refractivity contribution is 9.10. The van der Waals surface area contributed by atoms with Crippen molar-refractivity contribution in [3.63, 3.8) is 0 Å². The molecule has 72 valence electrons. The van der Waals surface area contributed by atoms with Crippen molar-refractivity contribution in [1.82, 2.24) is 10.1 Å². The monoisotopic (exact) mass is 260 g/mol. The lowest BCUT2D eigenvalue weighted by atomic mass is 10.2. The minimum atomic E-state index is -0.965. The van der Waals surface area contributed by atoms with Crippen molar-refractivity contribution in [3.8, 4) is 11.4 Å². The van der Waals surface area contributed by atoms with Crippen LogP contribution in [0.5, 0.6) is 0 Å². The van der Waals surface area contributed by atoms with Crippen molar-refractivity contribution in [1.29, 1.82) is 0 Å². The van der Waals surface area contributed by atoms with Gasteiger partial charge in [0.25, 0.3) is 0 Å². The number of aromatic nitrogens is 2. The van der Waals surface area contributed by atoms with Crippen LogP contribution in [0.3, 0.4) is 0 Å². The molecule has 6 heteroatoms. The van der Waals surface area contributed by atoms with E-state index >= 15 is 0 Å². The third-order valence-corrected chi connectivity index (χ3v) is 2.41. The highest BCUT2D eigenvalue weighted by Crippen LogP contribution is 2.29. The van der Waals surface area contributed by atoms with Crippen LogP contribution in [0.2, 0.25) is 0 Å². The summed E-state index contributed by atoms with van der Waals surface area (Å²) in [6, 6.07) is 2.37. The quantitative estimate of drug-likeness (QED) is 0.741. The summed E-state index contributed by atoms with van der Waals surface area (Å²) in [4.78, 5) is 3.72. The van der Waals surface area contributed by atoms with E-state index in [4.69, 9.17) is 0 Å². The van der Waals surface area contributed by atoms with Crippen LogP contribution in [0.25, 0.3) is 11.4 Å². The molecule has 0 saturated carbocycles. The molecule has 1 heterocycles. The first-order chi connectivity index (χ1) is 6.70. The maximum Gasteiger partial charge on any atom is 0.214 e. The van der Waals surface area contributed by atoms with Crippen LogP contribution in [0.1, 0.15) is 0 Å². The Morgan fingerprint density at radius 3 is 2.71 bits per heavy atom. The van der Waals surface area contributed by atoms with E-state index in [0.717, 1.165) is 12.5 Å². The van der Waals surface area contributed by atoms with Gasteiger partial charge in [-0.05, 0) is 28.1 Å². The van der Waals surface area contributed by atoms with Crippen LogP contribution >= 0.6 is 15.9 Å². The predicted octanol–water partition coefficient (Wildman–Crippen LogP) is 2.78. The van der Waals surface area contributed by atoms with Gasteiger partial charge in [-0.3, -0.25) is 0 Å². The second-order valence-corrected chi connectivity index (χ2v) is 3.27. The van der Waals surface area contributed by atoms with E-state index in [1.54, 1.807) is 0 Å². The molecule has 0 bridgehead atoms. The molecular formula is C8H3BrF2N2O. The number of hydrogen-bond donors (Lipinski definition) is 0. The normalized spacial score (nSPS) is 10.5. The third kappa shape index (κ3) is 1.41. The molecule has 0 spiro atoms. The summed E-state index contributed by atoms with van der Waals surface area (Å²) in [5.74, 6) is -1.69. The fourth-order valence-electron chi connectivity index (χ4n) is 0.988. The SMILES string of the molecule is Fc1ccc(-c2ncon2)c(Br)c1F. The Morgan fingerprint density at radius 2 is 2.07 bits per heavy atom. The number of rotatable bonds is 1. The first kappa shape index (κ1) is 9.26. The molecule has 2 rings (SSSR count). The average Bonchev–Trinajstić information content (AvgIpc) is 2.67. The summed E-state index contributed by atoms with van der Waals surface area (Å²) in [5.41, 5.74) is 0.345. The second kappa shape index (κ2) is 3.45. The number of nitrogens with zero attached hydrogens (tertiary/aromatic N) is 2. The molecule has 0 radical (unpaired) electrons. The Balaban J connectivity index is 2.61. The van der Waals surface area contributed by atoms with E-state index in [9.17, 15) is 8.78 Å². The number of benzene rings is 1. The van der Waals surface area contributed by atoms with E-state index < -0.39 is 11.6 Å². The summed E-state index contributed by atoms with van der Waals surface area (Å²) in [6.45, 7) is 0. The minimum Gasteiger partial charge on any atom is -0.342 e. The molecule has 0 atom stereocenters. The molecule has 0 amide bonds. The van der Waals surface area contributed by atoms with Gasteiger partial charge in [-0.2, -0.15) is 4.98 Å². The van der Waals surface area contributed by atoms with Crippen LogP contribution < -0.4 is 0 Å². The maximum atomic E-state index is 13.1. The number of halogens is 3. The van der Waals surface area contributed by atoms with E-state index in [-0.39, 0.29) is 10.3 Å². The molecule has 0 aliphatic rings. The van der Waals surface area contributed by atoms with Gasteiger partial charge in [-0.1, -0.05) is 5.16 Å². The smallest absolute Gasteiger partial charge is 0.214 e. The van der Waals surface area contributed by atoms with Gasteiger partial charge < -0.3 is 4.52 Å². The maximum absolute atomic E-state index is 13.1. The summed E-state index contributed by atoms with van der Waals surface area (Å²) in [5, 5.41) is 3.51. The van der Waals surface area contributed by atoms with E-state index in [1.807, 2.05) is 0 Å². The Bertz CT molecular complexity index is 459. The Morgan fingerprint density at radius 1 is 1.29 bits per heavy atom. The van der Waals surface area contributed by atoms with Crippen molar-refractivity contribution in [2.24, 2.45) is 0 Å². The van der Waals surface area contributed by atoms with Crippen molar-refractivity contribution < 1.29 is 13.3 Å². The predicted molar refractivity (Wildman–Crippen MR) is 47.3 cm³/mol. The van der Waals surface area contributed by atoms with Gasteiger partial charge in [-0.25, -0.2) is 8.78 Å². The van der Waals surface area contributed by atoms with Crippen LogP contribution in [0, 0.1) is 11.6 Å². The molecule has 0 aliphatic carbocycles. The molecule has 1 aromatic carbocycles. The fraction of sp³-hybridized carbons (Fsp3) is 0. The molecule has 3 nitrogen and oxygen atoms in total. The molecule has 14 heavy (non-hydrogen) atoms. The van der Waals surface area contributed by atoms with Crippen LogP contribution in [0.15, 0.2) is 27.5 Å². The summed E-state index contributed by atoms with van der Waals surface area (Å²) in [6.07, 6.45) is 1.11. The van der Waals surface area contributed by atoms with Crippen LogP contribution in [-0.4, -0.2) is 10.1 Å². The van der Waals surface area contributed by atoms with Gasteiger partial charge >= 0.3 is 0 Å². The molecular weight excluding hydrogens is 258 g/mol. The van der Waals surface area contributed by atoms with Crippen molar-refractivity contribution in [3.05, 3.63) is 34.6 Å². The summed E-state index contributed by atoms with van der Waals surface area (Å²) in [7, 11) is 0. The lowest BCUT2D eigenvalue weighted by molar-refractivity contribution is 0.418.